The van der Waals surface area contributed by atoms with Crippen molar-refractivity contribution in [3.63, 3.8) is 0 Å². The van der Waals surface area contributed by atoms with Crippen molar-refractivity contribution in [1.29, 1.82) is 0 Å². The van der Waals surface area contributed by atoms with Crippen molar-refractivity contribution in [1.82, 2.24) is 20.1 Å². The van der Waals surface area contributed by atoms with E-state index in [0.717, 1.165) is 17.1 Å². The van der Waals surface area contributed by atoms with Crippen molar-refractivity contribution in [3.8, 4) is 5.69 Å². The number of nitrogens with one attached hydrogen (secondary N) is 1. The van der Waals surface area contributed by atoms with Gasteiger partial charge in [0.1, 0.15) is 11.1 Å². The van der Waals surface area contributed by atoms with E-state index in [0.29, 0.717) is 5.16 Å². The highest BCUT2D eigenvalue weighted by Crippen LogP contribution is 2.35. The fourth-order valence-electron chi connectivity index (χ4n) is 2.85. The van der Waals surface area contributed by atoms with Crippen LogP contribution in [-0.4, -0.2) is 26.7 Å². The quantitative estimate of drug-likeness (QED) is 0.588. The molecule has 2 aromatic carbocycles. The highest BCUT2D eigenvalue weighted by molar-refractivity contribution is 8.00. The normalized spacial score (nSPS) is 12.4. The number of rotatable bonds is 7. The molecule has 0 fully saturated rings. The number of benzene rings is 2. The minimum absolute atomic E-state index is 0.0339. The number of aromatic nitrogens is 3. The molecule has 1 aromatic heterocycles. The molecular formula is C22H26N4OS. The molecule has 0 bridgehead atoms. The van der Waals surface area contributed by atoms with E-state index in [4.69, 9.17) is 10.1 Å². The summed E-state index contributed by atoms with van der Waals surface area (Å²) in [7, 11) is 0. The largest absolute Gasteiger partial charge is 0.353 e. The Hall–Kier alpha value is -2.60. The second kappa shape index (κ2) is 9.06. The molecule has 1 heterocycles. The van der Waals surface area contributed by atoms with Crippen LogP contribution in [-0.2, 0) is 4.79 Å². The van der Waals surface area contributed by atoms with Crippen molar-refractivity contribution in [2.24, 2.45) is 0 Å². The summed E-state index contributed by atoms with van der Waals surface area (Å²) in [5.41, 5.74) is 1.90. The maximum atomic E-state index is 12.9. The van der Waals surface area contributed by atoms with E-state index < -0.39 is 5.25 Å². The van der Waals surface area contributed by atoms with E-state index in [1.807, 2.05) is 79.2 Å². The van der Waals surface area contributed by atoms with Gasteiger partial charge in [-0.1, -0.05) is 74.1 Å². The molecular weight excluding hydrogens is 368 g/mol. The van der Waals surface area contributed by atoms with Gasteiger partial charge in [-0.3, -0.25) is 4.79 Å². The van der Waals surface area contributed by atoms with Crippen LogP contribution in [0.1, 0.15) is 50.3 Å². The van der Waals surface area contributed by atoms with Crippen molar-refractivity contribution < 1.29 is 4.79 Å². The smallest absolute Gasteiger partial charge is 0.238 e. The Morgan fingerprint density at radius 2 is 1.57 bits per heavy atom. The number of hydrogen-bond donors (Lipinski definition) is 1. The van der Waals surface area contributed by atoms with Crippen molar-refractivity contribution in [2.75, 3.05) is 0 Å². The SMILES string of the molecule is CC(C)NC(=O)C(Sc1nc(C(C)C)n(-c2ccccc2)n1)c1ccccc1. The number of nitrogens with zero attached hydrogens (tertiary/aromatic N) is 3. The third-order valence-corrected chi connectivity index (χ3v) is 5.23. The molecule has 0 saturated heterocycles. The molecule has 0 aliphatic heterocycles. The molecule has 28 heavy (non-hydrogen) atoms. The summed E-state index contributed by atoms with van der Waals surface area (Å²) in [5, 5.41) is 7.92. The average Bonchev–Trinajstić information content (AvgIpc) is 3.11. The first-order chi connectivity index (χ1) is 13.5. The predicted molar refractivity (Wildman–Crippen MR) is 114 cm³/mol. The predicted octanol–water partition coefficient (Wildman–Crippen LogP) is 4.75. The number of thioether (sulfide) groups is 1. The fraction of sp³-hybridized carbons (Fsp3) is 0.318. The second-order valence-corrected chi connectivity index (χ2v) is 8.30. The first-order valence-corrected chi connectivity index (χ1v) is 10.4. The van der Waals surface area contributed by atoms with Crippen molar-refractivity contribution in [3.05, 3.63) is 72.1 Å². The third-order valence-electron chi connectivity index (χ3n) is 4.12. The Morgan fingerprint density at radius 1 is 0.964 bits per heavy atom. The fourth-order valence-corrected chi connectivity index (χ4v) is 3.81. The van der Waals surface area contributed by atoms with Gasteiger partial charge in [-0.2, -0.15) is 0 Å². The molecule has 1 amide bonds. The molecule has 1 unspecified atom stereocenters. The molecule has 146 valence electrons. The first-order valence-electron chi connectivity index (χ1n) is 9.50. The molecule has 5 nitrogen and oxygen atoms in total. The Labute approximate surface area is 170 Å². The summed E-state index contributed by atoms with van der Waals surface area (Å²) in [4.78, 5) is 17.6. The van der Waals surface area contributed by atoms with Gasteiger partial charge in [0.2, 0.25) is 11.1 Å². The number of carbonyl (C=O) groups is 1. The molecule has 1 atom stereocenters. The Bertz CT molecular complexity index is 907. The van der Waals surface area contributed by atoms with E-state index in [1.165, 1.54) is 11.8 Å². The van der Waals surface area contributed by atoms with Crippen LogP contribution in [0, 0.1) is 0 Å². The number of amides is 1. The Morgan fingerprint density at radius 3 is 2.14 bits per heavy atom. The van der Waals surface area contributed by atoms with E-state index >= 15 is 0 Å². The standard InChI is InChI=1S/C22H26N4OS/c1-15(2)20-24-22(25-26(20)18-13-9-6-10-14-18)28-19(21(27)23-16(3)4)17-11-7-5-8-12-17/h5-16,19H,1-4H3,(H,23,27). The van der Waals surface area contributed by atoms with E-state index in [9.17, 15) is 4.79 Å². The van der Waals surface area contributed by atoms with Gasteiger partial charge >= 0.3 is 0 Å². The highest BCUT2D eigenvalue weighted by atomic mass is 32.2. The zero-order valence-corrected chi connectivity index (χ0v) is 17.5. The summed E-state index contributed by atoms with van der Waals surface area (Å²) >= 11 is 1.38. The summed E-state index contributed by atoms with van der Waals surface area (Å²) in [6, 6.07) is 19.8. The van der Waals surface area contributed by atoms with Gasteiger partial charge in [-0.05, 0) is 31.5 Å². The molecule has 1 N–H and O–H groups in total. The molecule has 3 rings (SSSR count). The Kier molecular flexibility index (Phi) is 6.52. The number of carbonyl (C=O) groups excluding carboxylic acids is 1. The van der Waals surface area contributed by atoms with Crippen LogP contribution in [0.2, 0.25) is 0 Å². The van der Waals surface area contributed by atoms with E-state index in [2.05, 4.69) is 19.2 Å². The van der Waals surface area contributed by atoms with Crippen molar-refractivity contribution in [2.45, 2.75) is 50.1 Å². The molecule has 0 aliphatic carbocycles. The van der Waals surface area contributed by atoms with Crippen LogP contribution >= 0.6 is 11.8 Å². The van der Waals surface area contributed by atoms with Crippen molar-refractivity contribution >= 4 is 17.7 Å². The first kappa shape index (κ1) is 20.1. The lowest BCUT2D eigenvalue weighted by Gasteiger charge is -2.17. The van der Waals surface area contributed by atoms with Crippen LogP contribution < -0.4 is 5.32 Å². The molecule has 0 aliphatic rings. The van der Waals surface area contributed by atoms with Crippen LogP contribution in [0.3, 0.4) is 0 Å². The lowest BCUT2D eigenvalue weighted by molar-refractivity contribution is -0.121. The Balaban J connectivity index is 1.96. The lowest BCUT2D eigenvalue weighted by atomic mass is 10.1. The second-order valence-electron chi connectivity index (χ2n) is 7.23. The van der Waals surface area contributed by atoms with Crippen LogP contribution in [0.25, 0.3) is 5.69 Å². The van der Waals surface area contributed by atoms with Gasteiger partial charge in [0.25, 0.3) is 0 Å². The van der Waals surface area contributed by atoms with Gasteiger partial charge in [0, 0.05) is 12.0 Å². The van der Waals surface area contributed by atoms with Gasteiger partial charge in [-0.15, -0.1) is 5.10 Å². The minimum Gasteiger partial charge on any atom is -0.353 e. The molecule has 0 saturated carbocycles. The summed E-state index contributed by atoms with van der Waals surface area (Å²) in [5.74, 6) is 1.06. The minimum atomic E-state index is -0.407. The van der Waals surface area contributed by atoms with Crippen LogP contribution in [0.15, 0.2) is 65.8 Å². The monoisotopic (exact) mass is 394 g/mol. The van der Waals surface area contributed by atoms with Gasteiger partial charge in [-0.25, -0.2) is 9.67 Å². The van der Waals surface area contributed by atoms with Gasteiger partial charge < -0.3 is 5.32 Å². The lowest BCUT2D eigenvalue weighted by Crippen LogP contribution is -2.33. The maximum absolute atomic E-state index is 12.9. The molecule has 6 heteroatoms. The summed E-state index contributed by atoms with van der Waals surface area (Å²) < 4.78 is 1.87. The van der Waals surface area contributed by atoms with Gasteiger partial charge in [0.15, 0.2) is 0 Å². The molecule has 0 spiro atoms. The highest BCUT2D eigenvalue weighted by Gasteiger charge is 2.26. The zero-order chi connectivity index (χ0) is 20.1. The zero-order valence-electron chi connectivity index (χ0n) is 16.7. The maximum Gasteiger partial charge on any atom is 0.238 e. The molecule has 0 radical (unpaired) electrons. The summed E-state index contributed by atoms with van der Waals surface area (Å²) in [6.45, 7) is 8.11. The number of hydrogen-bond acceptors (Lipinski definition) is 4. The van der Waals surface area contributed by atoms with E-state index in [-0.39, 0.29) is 17.9 Å². The number of para-hydroxylation sites is 1. The van der Waals surface area contributed by atoms with E-state index in [1.54, 1.807) is 0 Å². The van der Waals surface area contributed by atoms with Crippen LogP contribution in [0.5, 0.6) is 0 Å². The summed E-state index contributed by atoms with van der Waals surface area (Å²) in [6.07, 6.45) is 0. The molecule has 3 aromatic rings. The van der Waals surface area contributed by atoms with Gasteiger partial charge in [0.05, 0.1) is 5.69 Å². The topological polar surface area (TPSA) is 59.8 Å². The average molecular weight is 395 g/mol. The van der Waals surface area contributed by atoms with Crippen LogP contribution in [0.4, 0.5) is 0 Å². The third kappa shape index (κ3) is 4.81.